The van der Waals surface area contributed by atoms with E-state index in [1.165, 1.54) is 24.9 Å². The molecule has 0 amide bonds. The third kappa shape index (κ3) is 3.81. The molecule has 2 N–H and O–H groups in total. The third-order valence-electron chi connectivity index (χ3n) is 4.16. The van der Waals surface area contributed by atoms with Crippen molar-refractivity contribution in [2.75, 3.05) is 30.3 Å². The summed E-state index contributed by atoms with van der Waals surface area (Å²) in [5.74, 6) is 0.827. The second kappa shape index (κ2) is 6.38. The van der Waals surface area contributed by atoms with E-state index >= 15 is 0 Å². The zero-order valence-corrected chi connectivity index (χ0v) is 13.1. The highest BCUT2D eigenvalue weighted by molar-refractivity contribution is 5.62. The zero-order valence-electron chi connectivity index (χ0n) is 13.1. The molecule has 0 radical (unpaired) electrons. The number of nitrogens with zero attached hydrogens (tertiary/aromatic N) is 1. The molecule has 1 aliphatic heterocycles. The fourth-order valence-corrected chi connectivity index (χ4v) is 2.74. The number of benzene rings is 1. The van der Waals surface area contributed by atoms with E-state index in [1.807, 2.05) is 6.07 Å². The molecule has 0 unspecified atom stereocenters. The van der Waals surface area contributed by atoms with Crippen LogP contribution in [0.2, 0.25) is 0 Å². The van der Waals surface area contributed by atoms with E-state index in [9.17, 15) is 0 Å². The maximum atomic E-state index is 5.99. The number of nitrogens with two attached hydrogens (primary N) is 1. The SMILES string of the molecule is CCCOc1cc(N2CCCC(C)(C)CC2)ccc1N. The highest BCUT2D eigenvalue weighted by atomic mass is 16.5. The summed E-state index contributed by atoms with van der Waals surface area (Å²) in [7, 11) is 0. The first-order valence-corrected chi connectivity index (χ1v) is 7.79. The zero-order chi connectivity index (χ0) is 14.6. The van der Waals surface area contributed by atoms with Crippen LogP contribution < -0.4 is 15.4 Å². The predicted molar refractivity (Wildman–Crippen MR) is 86.5 cm³/mol. The van der Waals surface area contributed by atoms with Crippen LogP contribution in [0.3, 0.4) is 0 Å². The maximum absolute atomic E-state index is 5.99. The normalized spacial score (nSPS) is 18.6. The molecular formula is C17H28N2O. The lowest BCUT2D eigenvalue weighted by molar-refractivity contribution is 0.319. The van der Waals surface area contributed by atoms with Crippen molar-refractivity contribution in [2.24, 2.45) is 5.41 Å². The van der Waals surface area contributed by atoms with Crippen LogP contribution in [0, 0.1) is 5.41 Å². The Kier molecular flexibility index (Phi) is 4.79. The minimum Gasteiger partial charge on any atom is -0.491 e. The van der Waals surface area contributed by atoms with Crippen molar-refractivity contribution in [3.63, 3.8) is 0 Å². The number of hydrogen-bond acceptors (Lipinski definition) is 3. The molecule has 1 heterocycles. The molecule has 3 heteroatoms. The fourth-order valence-electron chi connectivity index (χ4n) is 2.74. The van der Waals surface area contributed by atoms with Crippen LogP contribution in [0.4, 0.5) is 11.4 Å². The number of nitrogen functional groups attached to an aromatic ring is 1. The van der Waals surface area contributed by atoms with Crippen LogP contribution >= 0.6 is 0 Å². The van der Waals surface area contributed by atoms with Gasteiger partial charge in [0, 0.05) is 24.8 Å². The highest BCUT2D eigenvalue weighted by Crippen LogP contribution is 2.34. The number of anilines is 2. The second-order valence-corrected chi connectivity index (χ2v) is 6.58. The summed E-state index contributed by atoms with van der Waals surface area (Å²) in [6.07, 6.45) is 4.80. The predicted octanol–water partition coefficient (Wildman–Crippen LogP) is 4.07. The molecule has 0 aliphatic carbocycles. The summed E-state index contributed by atoms with van der Waals surface area (Å²) < 4.78 is 5.74. The Hall–Kier alpha value is -1.38. The summed E-state index contributed by atoms with van der Waals surface area (Å²) in [6, 6.07) is 6.19. The van der Waals surface area contributed by atoms with Gasteiger partial charge in [0.2, 0.25) is 0 Å². The van der Waals surface area contributed by atoms with Crippen molar-refractivity contribution >= 4 is 11.4 Å². The van der Waals surface area contributed by atoms with Crippen LogP contribution in [-0.4, -0.2) is 19.7 Å². The van der Waals surface area contributed by atoms with Gasteiger partial charge < -0.3 is 15.4 Å². The first-order chi connectivity index (χ1) is 9.52. The minimum absolute atomic E-state index is 0.462. The minimum atomic E-state index is 0.462. The quantitative estimate of drug-likeness (QED) is 0.842. The van der Waals surface area contributed by atoms with Crippen molar-refractivity contribution in [1.82, 2.24) is 0 Å². The molecule has 1 saturated heterocycles. The molecule has 112 valence electrons. The van der Waals surface area contributed by atoms with Gasteiger partial charge in [-0.05, 0) is 43.2 Å². The van der Waals surface area contributed by atoms with E-state index in [4.69, 9.17) is 10.5 Å². The topological polar surface area (TPSA) is 38.5 Å². The average Bonchev–Trinajstić information content (AvgIpc) is 2.59. The van der Waals surface area contributed by atoms with Crippen molar-refractivity contribution in [2.45, 2.75) is 46.5 Å². The molecule has 3 nitrogen and oxygen atoms in total. The van der Waals surface area contributed by atoms with E-state index in [1.54, 1.807) is 0 Å². The van der Waals surface area contributed by atoms with Crippen LogP contribution in [0.5, 0.6) is 5.75 Å². The van der Waals surface area contributed by atoms with Gasteiger partial charge in [0.05, 0.1) is 12.3 Å². The largest absolute Gasteiger partial charge is 0.491 e. The maximum Gasteiger partial charge on any atom is 0.144 e. The lowest BCUT2D eigenvalue weighted by Crippen LogP contribution is -2.25. The third-order valence-corrected chi connectivity index (χ3v) is 4.16. The van der Waals surface area contributed by atoms with Crippen LogP contribution in [-0.2, 0) is 0 Å². The molecule has 0 spiro atoms. The first kappa shape index (κ1) is 15.0. The van der Waals surface area contributed by atoms with Gasteiger partial charge in [0.1, 0.15) is 5.75 Å². The number of hydrogen-bond donors (Lipinski definition) is 1. The molecule has 1 aromatic carbocycles. The standard InChI is InChI=1S/C17H28N2O/c1-4-12-20-16-13-14(6-7-15(16)18)19-10-5-8-17(2,3)9-11-19/h6-7,13H,4-5,8-12,18H2,1-3H3. The van der Waals surface area contributed by atoms with Crippen molar-refractivity contribution in [1.29, 1.82) is 0 Å². The van der Waals surface area contributed by atoms with Crippen molar-refractivity contribution in [3.05, 3.63) is 18.2 Å². The van der Waals surface area contributed by atoms with Gasteiger partial charge in [-0.2, -0.15) is 0 Å². The number of rotatable bonds is 4. The average molecular weight is 276 g/mol. The summed E-state index contributed by atoms with van der Waals surface area (Å²) in [5.41, 5.74) is 8.43. The van der Waals surface area contributed by atoms with Gasteiger partial charge in [-0.25, -0.2) is 0 Å². The monoisotopic (exact) mass is 276 g/mol. The Bertz CT molecular complexity index is 443. The molecule has 0 saturated carbocycles. The van der Waals surface area contributed by atoms with Gasteiger partial charge in [0.15, 0.2) is 0 Å². The Morgan fingerprint density at radius 2 is 2.05 bits per heavy atom. The van der Waals surface area contributed by atoms with Gasteiger partial charge >= 0.3 is 0 Å². The van der Waals surface area contributed by atoms with Crippen LogP contribution in [0.25, 0.3) is 0 Å². The van der Waals surface area contributed by atoms with E-state index in [2.05, 4.69) is 37.8 Å². The van der Waals surface area contributed by atoms with Crippen LogP contribution in [0.15, 0.2) is 18.2 Å². The van der Waals surface area contributed by atoms with Gasteiger partial charge in [-0.1, -0.05) is 20.8 Å². The molecule has 1 aromatic rings. The smallest absolute Gasteiger partial charge is 0.144 e. The van der Waals surface area contributed by atoms with Crippen molar-refractivity contribution < 1.29 is 4.74 Å². The summed E-state index contributed by atoms with van der Waals surface area (Å²) in [5, 5.41) is 0. The van der Waals surface area contributed by atoms with Crippen molar-refractivity contribution in [3.8, 4) is 5.75 Å². The summed E-state index contributed by atoms with van der Waals surface area (Å²) in [4.78, 5) is 2.47. The molecule has 20 heavy (non-hydrogen) atoms. The van der Waals surface area contributed by atoms with Gasteiger partial charge in [-0.15, -0.1) is 0 Å². The molecule has 2 rings (SSSR count). The van der Waals surface area contributed by atoms with E-state index in [-0.39, 0.29) is 0 Å². The van der Waals surface area contributed by atoms with Gasteiger partial charge in [-0.3, -0.25) is 0 Å². The summed E-state index contributed by atoms with van der Waals surface area (Å²) >= 11 is 0. The summed E-state index contributed by atoms with van der Waals surface area (Å²) in [6.45, 7) is 9.81. The molecule has 0 atom stereocenters. The lowest BCUT2D eigenvalue weighted by Gasteiger charge is -2.25. The molecule has 0 bridgehead atoms. The van der Waals surface area contributed by atoms with Crippen LogP contribution in [0.1, 0.15) is 46.5 Å². The Morgan fingerprint density at radius 3 is 2.80 bits per heavy atom. The molecular weight excluding hydrogens is 248 g/mol. The second-order valence-electron chi connectivity index (χ2n) is 6.58. The van der Waals surface area contributed by atoms with E-state index < -0.39 is 0 Å². The highest BCUT2D eigenvalue weighted by Gasteiger charge is 2.23. The van der Waals surface area contributed by atoms with Gasteiger partial charge in [0.25, 0.3) is 0 Å². The van der Waals surface area contributed by atoms with E-state index in [0.29, 0.717) is 5.41 Å². The molecule has 1 fully saturated rings. The van der Waals surface area contributed by atoms with E-state index in [0.717, 1.165) is 37.6 Å². The first-order valence-electron chi connectivity index (χ1n) is 7.79. The molecule has 0 aromatic heterocycles. The Labute approximate surface area is 123 Å². The Morgan fingerprint density at radius 1 is 1.25 bits per heavy atom. The Balaban J connectivity index is 2.11. The number of ether oxygens (including phenoxy) is 1. The fraction of sp³-hybridized carbons (Fsp3) is 0.647. The lowest BCUT2D eigenvalue weighted by atomic mass is 9.85. The molecule has 1 aliphatic rings.